The second kappa shape index (κ2) is 10.1. The first-order valence-electron chi connectivity index (χ1n) is 8.60. The first-order valence-corrected chi connectivity index (χ1v) is 8.60. The standard InChI is InChI=1S/C21H24N2O5/c1-5-10-22-13-17(24)14-6-8-16(9-7-14)23-21(25)15-11-18(26-2)20(28-4)19(12-15)27-3/h5-9,11-12,22H,1,10,13H2,2-4H3,(H,23,25). The molecule has 0 radical (unpaired) electrons. The number of nitrogens with one attached hydrogen (secondary N) is 2. The summed E-state index contributed by atoms with van der Waals surface area (Å²) >= 11 is 0. The topological polar surface area (TPSA) is 85.9 Å². The molecule has 0 bridgehead atoms. The van der Waals surface area contributed by atoms with Gasteiger partial charge >= 0.3 is 0 Å². The van der Waals surface area contributed by atoms with Crippen LogP contribution in [0.15, 0.2) is 49.1 Å². The number of benzene rings is 2. The van der Waals surface area contributed by atoms with E-state index in [1.807, 2.05) is 0 Å². The highest BCUT2D eigenvalue weighted by atomic mass is 16.5. The average Bonchev–Trinajstić information content (AvgIpc) is 2.73. The van der Waals surface area contributed by atoms with Gasteiger partial charge in [-0.25, -0.2) is 0 Å². The van der Waals surface area contributed by atoms with Gasteiger partial charge in [0.1, 0.15) is 0 Å². The van der Waals surface area contributed by atoms with Crippen LogP contribution in [-0.4, -0.2) is 46.1 Å². The van der Waals surface area contributed by atoms with Crippen molar-refractivity contribution in [2.24, 2.45) is 0 Å². The van der Waals surface area contributed by atoms with E-state index in [9.17, 15) is 9.59 Å². The molecule has 0 atom stereocenters. The minimum Gasteiger partial charge on any atom is -0.493 e. The molecule has 0 unspecified atom stereocenters. The third kappa shape index (κ3) is 5.11. The van der Waals surface area contributed by atoms with E-state index in [0.717, 1.165) is 0 Å². The van der Waals surface area contributed by atoms with Crippen molar-refractivity contribution in [3.8, 4) is 17.2 Å². The van der Waals surface area contributed by atoms with Gasteiger partial charge in [0.15, 0.2) is 17.3 Å². The number of rotatable bonds is 10. The fourth-order valence-electron chi connectivity index (χ4n) is 2.54. The van der Waals surface area contributed by atoms with Crippen molar-refractivity contribution < 1.29 is 23.8 Å². The molecule has 2 rings (SSSR count). The number of amides is 1. The van der Waals surface area contributed by atoms with Crippen LogP contribution in [-0.2, 0) is 0 Å². The zero-order valence-corrected chi connectivity index (χ0v) is 16.2. The highest BCUT2D eigenvalue weighted by Crippen LogP contribution is 2.38. The molecule has 0 fully saturated rings. The van der Waals surface area contributed by atoms with E-state index in [2.05, 4.69) is 17.2 Å². The molecule has 7 heteroatoms. The third-order valence-electron chi connectivity index (χ3n) is 3.97. The maximum atomic E-state index is 12.6. The number of anilines is 1. The van der Waals surface area contributed by atoms with Crippen LogP contribution in [0.2, 0.25) is 0 Å². The van der Waals surface area contributed by atoms with Gasteiger partial charge in [0, 0.05) is 23.4 Å². The van der Waals surface area contributed by atoms with Gasteiger partial charge in [0.2, 0.25) is 5.75 Å². The van der Waals surface area contributed by atoms with Crippen LogP contribution in [0.1, 0.15) is 20.7 Å². The summed E-state index contributed by atoms with van der Waals surface area (Å²) in [5, 5.41) is 5.75. The molecule has 0 spiro atoms. The van der Waals surface area contributed by atoms with Gasteiger partial charge in [-0.2, -0.15) is 0 Å². The summed E-state index contributed by atoms with van der Waals surface area (Å²) in [5.41, 5.74) is 1.47. The Morgan fingerprint density at radius 1 is 0.964 bits per heavy atom. The Bertz CT molecular complexity index is 821. The van der Waals surface area contributed by atoms with Crippen LogP contribution in [0.3, 0.4) is 0 Å². The maximum absolute atomic E-state index is 12.6. The summed E-state index contributed by atoms with van der Waals surface area (Å²) in [6.07, 6.45) is 1.69. The number of ketones is 1. The van der Waals surface area contributed by atoms with Crippen LogP contribution < -0.4 is 24.8 Å². The molecule has 148 valence electrons. The normalized spacial score (nSPS) is 10.1. The second-order valence-corrected chi connectivity index (χ2v) is 5.79. The molecule has 1 amide bonds. The van der Waals surface area contributed by atoms with E-state index in [-0.39, 0.29) is 18.2 Å². The molecular formula is C21H24N2O5. The fourth-order valence-corrected chi connectivity index (χ4v) is 2.54. The Hall–Kier alpha value is -3.32. The average molecular weight is 384 g/mol. The minimum absolute atomic E-state index is 0.0376. The lowest BCUT2D eigenvalue weighted by molar-refractivity contribution is 0.0991. The summed E-state index contributed by atoms with van der Waals surface area (Å²) in [6.45, 7) is 4.38. The van der Waals surface area contributed by atoms with E-state index in [1.54, 1.807) is 42.5 Å². The SMILES string of the molecule is C=CCNCC(=O)c1ccc(NC(=O)c2cc(OC)c(OC)c(OC)c2)cc1. The van der Waals surface area contributed by atoms with Gasteiger partial charge in [-0.05, 0) is 36.4 Å². The van der Waals surface area contributed by atoms with Crippen LogP contribution >= 0.6 is 0 Å². The second-order valence-electron chi connectivity index (χ2n) is 5.79. The lowest BCUT2D eigenvalue weighted by atomic mass is 10.1. The minimum atomic E-state index is -0.342. The fraction of sp³-hybridized carbons (Fsp3) is 0.238. The predicted molar refractivity (Wildman–Crippen MR) is 108 cm³/mol. The van der Waals surface area contributed by atoms with Crippen molar-refractivity contribution in [2.75, 3.05) is 39.7 Å². The Morgan fingerprint density at radius 3 is 2.07 bits per heavy atom. The smallest absolute Gasteiger partial charge is 0.255 e. The molecule has 0 saturated carbocycles. The number of hydrogen-bond donors (Lipinski definition) is 2. The summed E-state index contributed by atoms with van der Waals surface area (Å²) in [7, 11) is 4.47. The lowest BCUT2D eigenvalue weighted by Crippen LogP contribution is -2.22. The number of Topliss-reactive ketones (excluding diaryl/α,β-unsaturated/α-hetero) is 1. The molecule has 0 aliphatic carbocycles. The first-order chi connectivity index (χ1) is 13.5. The van der Waals surface area contributed by atoms with Gasteiger partial charge in [0.05, 0.1) is 27.9 Å². The Balaban J connectivity index is 2.12. The molecule has 7 nitrogen and oxygen atoms in total. The number of carbonyl (C=O) groups is 2. The van der Waals surface area contributed by atoms with Crippen LogP contribution in [0.25, 0.3) is 0 Å². The summed E-state index contributed by atoms with van der Waals surface area (Å²) < 4.78 is 15.8. The van der Waals surface area contributed by atoms with Gasteiger partial charge in [-0.3, -0.25) is 9.59 Å². The van der Waals surface area contributed by atoms with Crippen molar-refractivity contribution in [3.63, 3.8) is 0 Å². The Labute approximate surface area is 164 Å². The van der Waals surface area contributed by atoms with E-state index < -0.39 is 0 Å². The molecule has 0 aliphatic rings. The molecule has 0 heterocycles. The Kier molecular flexibility index (Phi) is 7.59. The van der Waals surface area contributed by atoms with E-state index in [0.29, 0.717) is 40.6 Å². The highest BCUT2D eigenvalue weighted by Gasteiger charge is 2.17. The number of ether oxygens (including phenoxy) is 3. The third-order valence-corrected chi connectivity index (χ3v) is 3.97. The van der Waals surface area contributed by atoms with Crippen molar-refractivity contribution in [3.05, 3.63) is 60.2 Å². The van der Waals surface area contributed by atoms with Crippen molar-refractivity contribution in [1.82, 2.24) is 5.32 Å². The van der Waals surface area contributed by atoms with E-state index >= 15 is 0 Å². The molecule has 0 aliphatic heterocycles. The van der Waals surface area contributed by atoms with Crippen molar-refractivity contribution >= 4 is 17.4 Å². The molecule has 2 N–H and O–H groups in total. The predicted octanol–water partition coefficient (Wildman–Crippen LogP) is 2.92. The number of hydrogen-bond acceptors (Lipinski definition) is 6. The van der Waals surface area contributed by atoms with Crippen LogP contribution in [0.4, 0.5) is 5.69 Å². The van der Waals surface area contributed by atoms with Crippen LogP contribution in [0.5, 0.6) is 17.2 Å². The first kappa shape index (κ1) is 21.0. The van der Waals surface area contributed by atoms with Gasteiger partial charge in [-0.1, -0.05) is 6.08 Å². The van der Waals surface area contributed by atoms with E-state index in [4.69, 9.17) is 14.2 Å². The van der Waals surface area contributed by atoms with Gasteiger partial charge in [-0.15, -0.1) is 6.58 Å². The van der Waals surface area contributed by atoms with Crippen LogP contribution in [0, 0.1) is 0 Å². The number of carbonyl (C=O) groups excluding carboxylic acids is 2. The molecule has 0 saturated heterocycles. The monoisotopic (exact) mass is 384 g/mol. The van der Waals surface area contributed by atoms with Gasteiger partial charge in [0.25, 0.3) is 5.91 Å². The lowest BCUT2D eigenvalue weighted by Gasteiger charge is -2.14. The van der Waals surface area contributed by atoms with Crippen molar-refractivity contribution in [1.29, 1.82) is 0 Å². The van der Waals surface area contributed by atoms with E-state index in [1.165, 1.54) is 21.3 Å². The van der Waals surface area contributed by atoms with Gasteiger partial charge < -0.3 is 24.8 Å². The summed E-state index contributed by atoms with van der Waals surface area (Å²) in [5.74, 6) is 0.810. The highest BCUT2D eigenvalue weighted by molar-refractivity contribution is 6.05. The Morgan fingerprint density at radius 2 is 1.57 bits per heavy atom. The summed E-state index contributed by atoms with van der Waals surface area (Å²) in [6, 6.07) is 9.83. The zero-order valence-electron chi connectivity index (χ0n) is 16.2. The largest absolute Gasteiger partial charge is 0.493 e. The molecule has 0 aromatic heterocycles. The maximum Gasteiger partial charge on any atom is 0.255 e. The zero-order chi connectivity index (χ0) is 20.5. The summed E-state index contributed by atoms with van der Waals surface area (Å²) in [4.78, 5) is 24.6. The molecule has 2 aromatic carbocycles. The molecule has 28 heavy (non-hydrogen) atoms. The molecule has 2 aromatic rings. The quantitative estimate of drug-likeness (QED) is 0.372. The number of methoxy groups -OCH3 is 3. The van der Waals surface area contributed by atoms with Crippen molar-refractivity contribution in [2.45, 2.75) is 0 Å². The molecular weight excluding hydrogens is 360 g/mol.